The van der Waals surface area contributed by atoms with Gasteiger partial charge < -0.3 is 9.55 Å². The molecule has 3 rings (SSSR count). The first kappa shape index (κ1) is 13.1. The van der Waals surface area contributed by atoms with E-state index in [0.717, 1.165) is 40.9 Å². The van der Waals surface area contributed by atoms with Crippen LogP contribution in [0.1, 0.15) is 17.5 Å². The number of nitrogens with zero attached hydrogens (tertiary/aromatic N) is 2. The highest BCUT2D eigenvalue weighted by Gasteiger charge is 2.05. The van der Waals surface area contributed by atoms with Gasteiger partial charge in [-0.1, -0.05) is 30.3 Å². The maximum atomic E-state index is 5.39. The summed E-state index contributed by atoms with van der Waals surface area (Å²) in [6.07, 6.45) is 4.00. The highest BCUT2D eigenvalue weighted by atomic mass is 32.1. The van der Waals surface area contributed by atoms with Crippen molar-refractivity contribution in [1.29, 1.82) is 0 Å². The SMILES string of the molecule is Cc1cnc2c(c1)[nH]c(=S)n2CCCc1ccccc1. The molecule has 0 radical (unpaired) electrons. The highest BCUT2D eigenvalue weighted by molar-refractivity contribution is 7.71. The first-order chi connectivity index (χ1) is 9.74. The Balaban J connectivity index is 1.78. The number of aromatic amines is 1. The molecule has 0 unspecified atom stereocenters. The van der Waals surface area contributed by atoms with Gasteiger partial charge in [0, 0.05) is 12.7 Å². The Morgan fingerprint density at radius 1 is 1.25 bits per heavy atom. The van der Waals surface area contributed by atoms with Crippen LogP contribution in [-0.2, 0) is 13.0 Å². The number of hydrogen-bond donors (Lipinski definition) is 1. The molecule has 20 heavy (non-hydrogen) atoms. The van der Waals surface area contributed by atoms with Gasteiger partial charge in [0.15, 0.2) is 10.4 Å². The summed E-state index contributed by atoms with van der Waals surface area (Å²) in [6, 6.07) is 12.6. The summed E-state index contributed by atoms with van der Waals surface area (Å²) in [5.41, 5.74) is 4.48. The van der Waals surface area contributed by atoms with Gasteiger partial charge in [0.05, 0.1) is 5.52 Å². The summed E-state index contributed by atoms with van der Waals surface area (Å²) in [6.45, 7) is 2.93. The smallest absolute Gasteiger partial charge is 0.179 e. The van der Waals surface area contributed by atoms with Gasteiger partial charge in [-0.15, -0.1) is 0 Å². The number of fused-ring (bicyclic) bond motifs is 1. The molecule has 1 aromatic carbocycles. The van der Waals surface area contributed by atoms with E-state index in [2.05, 4.69) is 44.9 Å². The lowest BCUT2D eigenvalue weighted by molar-refractivity contribution is 0.646. The van der Waals surface area contributed by atoms with E-state index in [1.807, 2.05) is 19.2 Å². The molecule has 0 aliphatic heterocycles. The van der Waals surface area contributed by atoms with Gasteiger partial charge in [-0.05, 0) is 49.2 Å². The topological polar surface area (TPSA) is 33.6 Å². The summed E-state index contributed by atoms with van der Waals surface area (Å²) in [4.78, 5) is 7.72. The van der Waals surface area contributed by atoms with Crippen LogP contribution in [0.5, 0.6) is 0 Å². The molecule has 4 heteroatoms. The Morgan fingerprint density at radius 3 is 2.85 bits per heavy atom. The van der Waals surface area contributed by atoms with Gasteiger partial charge in [-0.25, -0.2) is 4.98 Å². The fourth-order valence-corrected chi connectivity index (χ4v) is 2.73. The van der Waals surface area contributed by atoms with Crippen LogP contribution in [0.3, 0.4) is 0 Å². The molecule has 0 amide bonds. The number of hydrogen-bond acceptors (Lipinski definition) is 2. The van der Waals surface area contributed by atoms with Crippen LogP contribution >= 0.6 is 12.2 Å². The number of H-pyrrole nitrogens is 1. The number of nitrogens with one attached hydrogen (secondary N) is 1. The van der Waals surface area contributed by atoms with Crippen LogP contribution in [0.25, 0.3) is 11.2 Å². The number of pyridine rings is 1. The Bertz CT molecular complexity index is 771. The number of imidazole rings is 1. The summed E-state index contributed by atoms with van der Waals surface area (Å²) < 4.78 is 2.85. The molecule has 0 bridgehead atoms. The zero-order chi connectivity index (χ0) is 13.9. The number of benzene rings is 1. The van der Waals surface area contributed by atoms with Crippen molar-refractivity contribution in [2.24, 2.45) is 0 Å². The lowest BCUT2D eigenvalue weighted by Crippen LogP contribution is -2.01. The average molecular weight is 283 g/mol. The molecule has 0 fully saturated rings. The quantitative estimate of drug-likeness (QED) is 0.733. The number of rotatable bonds is 4. The molecule has 0 atom stereocenters. The molecule has 102 valence electrons. The van der Waals surface area contributed by atoms with E-state index in [1.165, 1.54) is 5.56 Å². The van der Waals surface area contributed by atoms with Crippen molar-refractivity contribution in [3.63, 3.8) is 0 Å². The zero-order valence-corrected chi connectivity index (χ0v) is 12.3. The van der Waals surface area contributed by atoms with Gasteiger partial charge in [0.1, 0.15) is 0 Å². The van der Waals surface area contributed by atoms with Crippen LogP contribution in [0.4, 0.5) is 0 Å². The van der Waals surface area contributed by atoms with E-state index in [1.54, 1.807) is 0 Å². The third-order valence-electron chi connectivity index (χ3n) is 3.44. The van der Waals surface area contributed by atoms with Crippen molar-refractivity contribution in [3.8, 4) is 0 Å². The first-order valence-corrected chi connectivity index (χ1v) is 7.24. The largest absolute Gasteiger partial charge is 0.329 e. The predicted octanol–water partition coefficient (Wildman–Crippen LogP) is 4.04. The van der Waals surface area contributed by atoms with Crippen molar-refractivity contribution >= 4 is 23.4 Å². The molecule has 3 aromatic rings. The van der Waals surface area contributed by atoms with Gasteiger partial charge in [-0.3, -0.25) is 0 Å². The Hall–Kier alpha value is -1.94. The van der Waals surface area contributed by atoms with Crippen molar-refractivity contribution in [2.75, 3.05) is 0 Å². The number of aromatic nitrogens is 3. The second-order valence-electron chi connectivity index (χ2n) is 5.05. The van der Waals surface area contributed by atoms with E-state index >= 15 is 0 Å². The van der Waals surface area contributed by atoms with Crippen LogP contribution in [0.2, 0.25) is 0 Å². The van der Waals surface area contributed by atoms with E-state index in [0.29, 0.717) is 0 Å². The van der Waals surface area contributed by atoms with Crippen LogP contribution < -0.4 is 0 Å². The maximum Gasteiger partial charge on any atom is 0.179 e. The third-order valence-corrected chi connectivity index (χ3v) is 3.76. The minimum absolute atomic E-state index is 0.756. The van der Waals surface area contributed by atoms with Gasteiger partial charge in [-0.2, -0.15) is 0 Å². The molecular formula is C16H17N3S. The van der Waals surface area contributed by atoms with E-state index < -0.39 is 0 Å². The second-order valence-corrected chi connectivity index (χ2v) is 5.44. The predicted molar refractivity (Wildman–Crippen MR) is 84.4 cm³/mol. The van der Waals surface area contributed by atoms with Crippen LogP contribution in [0.15, 0.2) is 42.6 Å². The molecule has 0 saturated heterocycles. The number of aryl methyl sites for hydroxylation is 3. The lowest BCUT2D eigenvalue weighted by Gasteiger charge is -2.04. The van der Waals surface area contributed by atoms with E-state index in [4.69, 9.17) is 12.2 Å². The molecule has 0 aliphatic carbocycles. The average Bonchev–Trinajstić information content (AvgIpc) is 2.75. The minimum atomic E-state index is 0.756. The molecule has 2 heterocycles. The second kappa shape index (κ2) is 5.59. The monoisotopic (exact) mass is 283 g/mol. The zero-order valence-electron chi connectivity index (χ0n) is 11.5. The fraction of sp³-hybridized carbons (Fsp3) is 0.250. The molecule has 2 aromatic heterocycles. The van der Waals surface area contributed by atoms with Crippen LogP contribution in [0, 0.1) is 11.7 Å². The van der Waals surface area contributed by atoms with Crippen molar-refractivity contribution < 1.29 is 0 Å². The standard InChI is InChI=1S/C16H17N3S/c1-12-10-14-15(17-11-12)19(16(20)18-14)9-5-8-13-6-3-2-4-7-13/h2-4,6-7,10-11H,5,8-9H2,1H3,(H,18,20). The molecule has 0 saturated carbocycles. The Morgan fingerprint density at radius 2 is 2.05 bits per heavy atom. The van der Waals surface area contributed by atoms with Crippen molar-refractivity contribution in [2.45, 2.75) is 26.3 Å². The lowest BCUT2D eigenvalue weighted by atomic mass is 10.1. The maximum absolute atomic E-state index is 5.39. The van der Waals surface area contributed by atoms with Crippen molar-refractivity contribution in [1.82, 2.24) is 14.5 Å². The van der Waals surface area contributed by atoms with Crippen molar-refractivity contribution in [3.05, 3.63) is 58.5 Å². The first-order valence-electron chi connectivity index (χ1n) is 6.83. The summed E-state index contributed by atoms with van der Waals surface area (Å²) in [5.74, 6) is 0. The summed E-state index contributed by atoms with van der Waals surface area (Å²) in [5, 5.41) is 0. The van der Waals surface area contributed by atoms with Gasteiger partial charge in [0.2, 0.25) is 0 Å². The molecule has 1 N–H and O–H groups in total. The van der Waals surface area contributed by atoms with E-state index in [9.17, 15) is 0 Å². The third kappa shape index (κ3) is 2.65. The normalized spacial score (nSPS) is 11.1. The van der Waals surface area contributed by atoms with Gasteiger partial charge in [0.25, 0.3) is 0 Å². The molecule has 0 aliphatic rings. The summed E-state index contributed by atoms with van der Waals surface area (Å²) >= 11 is 5.39. The Kier molecular flexibility index (Phi) is 3.65. The van der Waals surface area contributed by atoms with Gasteiger partial charge >= 0.3 is 0 Å². The van der Waals surface area contributed by atoms with E-state index in [-0.39, 0.29) is 0 Å². The summed E-state index contributed by atoms with van der Waals surface area (Å²) in [7, 11) is 0. The molecular weight excluding hydrogens is 266 g/mol. The minimum Gasteiger partial charge on any atom is -0.329 e. The highest BCUT2D eigenvalue weighted by Crippen LogP contribution is 2.14. The van der Waals surface area contributed by atoms with Crippen LogP contribution in [-0.4, -0.2) is 14.5 Å². The fourth-order valence-electron chi connectivity index (χ4n) is 2.44. The Labute approximate surface area is 123 Å². The molecule has 0 spiro atoms. The molecule has 3 nitrogen and oxygen atoms in total.